The summed E-state index contributed by atoms with van der Waals surface area (Å²) in [5.41, 5.74) is 3.32. The van der Waals surface area contributed by atoms with E-state index in [1.165, 1.54) is 5.56 Å². The van der Waals surface area contributed by atoms with Crippen molar-refractivity contribution in [2.45, 2.75) is 53.1 Å². The molecule has 7 nitrogen and oxygen atoms in total. The summed E-state index contributed by atoms with van der Waals surface area (Å²) in [6, 6.07) is 0.219. The summed E-state index contributed by atoms with van der Waals surface area (Å²) in [5.74, 6) is 0.741. The monoisotopic (exact) mass is 450 g/mol. The average Bonchev–Trinajstić information content (AvgIpc) is 2.75. The third-order valence-corrected chi connectivity index (χ3v) is 3.98. The van der Waals surface area contributed by atoms with E-state index in [1.807, 2.05) is 32.5 Å². The van der Waals surface area contributed by atoms with Crippen molar-refractivity contribution in [3.8, 4) is 0 Å². The summed E-state index contributed by atoms with van der Waals surface area (Å²) in [7, 11) is 3.66. The Hall–Kier alpha value is -1.32. The third-order valence-electron chi connectivity index (χ3n) is 3.98. The number of hydrogen-bond donors (Lipinski definition) is 3. The number of guanidine groups is 1. The van der Waals surface area contributed by atoms with Gasteiger partial charge in [-0.25, -0.2) is 0 Å². The zero-order valence-corrected chi connectivity index (χ0v) is 17.9. The van der Waals surface area contributed by atoms with Crippen LogP contribution in [0.2, 0.25) is 0 Å². The van der Waals surface area contributed by atoms with Gasteiger partial charge in [-0.3, -0.25) is 14.5 Å². The lowest BCUT2D eigenvalue weighted by Gasteiger charge is -2.14. The van der Waals surface area contributed by atoms with Gasteiger partial charge in [0, 0.05) is 50.9 Å². The van der Waals surface area contributed by atoms with Crippen LogP contribution in [0.1, 0.15) is 43.6 Å². The first-order chi connectivity index (χ1) is 10.9. The number of halogens is 1. The highest BCUT2D eigenvalue weighted by Gasteiger charge is 2.10. The molecule has 1 aromatic rings. The molecule has 0 fully saturated rings. The molecule has 1 heterocycles. The van der Waals surface area contributed by atoms with Gasteiger partial charge in [0.1, 0.15) is 0 Å². The summed E-state index contributed by atoms with van der Waals surface area (Å²) < 4.78 is 1.88. The normalized spacial score (nSPS) is 12.3. The van der Waals surface area contributed by atoms with Gasteiger partial charge in [-0.2, -0.15) is 5.10 Å². The van der Waals surface area contributed by atoms with E-state index in [0.29, 0.717) is 25.5 Å². The highest BCUT2D eigenvalue weighted by molar-refractivity contribution is 14.0. The summed E-state index contributed by atoms with van der Waals surface area (Å²) in [6.45, 7) is 9.31. The Kier molecular flexibility index (Phi) is 10.7. The smallest absolute Gasteiger partial charge is 0.221 e. The van der Waals surface area contributed by atoms with Crippen LogP contribution in [0.5, 0.6) is 0 Å². The van der Waals surface area contributed by atoms with Crippen molar-refractivity contribution >= 4 is 35.8 Å². The predicted octanol–water partition coefficient (Wildman–Crippen LogP) is 1.62. The molecule has 0 saturated carbocycles. The van der Waals surface area contributed by atoms with E-state index in [2.05, 4.69) is 33.0 Å². The Morgan fingerprint density at radius 3 is 2.50 bits per heavy atom. The van der Waals surface area contributed by atoms with Gasteiger partial charge in [-0.1, -0.05) is 6.92 Å². The van der Waals surface area contributed by atoms with Crippen LogP contribution < -0.4 is 16.0 Å². The van der Waals surface area contributed by atoms with Gasteiger partial charge in [0.05, 0.1) is 5.69 Å². The van der Waals surface area contributed by atoms with Crippen LogP contribution in [-0.2, 0) is 18.4 Å². The second-order valence-corrected chi connectivity index (χ2v) is 5.75. The van der Waals surface area contributed by atoms with Crippen LogP contribution in [0.25, 0.3) is 0 Å². The fraction of sp³-hybridized carbons (Fsp3) is 0.688. The Labute approximate surface area is 162 Å². The van der Waals surface area contributed by atoms with Crippen molar-refractivity contribution in [2.75, 3.05) is 13.6 Å². The highest BCUT2D eigenvalue weighted by atomic mass is 127. The molecule has 0 bridgehead atoms. The number of nitrogens with zero attached hydrogens (tertiary/aromatic N) is 3. The molecule has 24 heavy (non-hydrogen) atoms. The van der Waals surface area contributed by atoms with Crippen molar-refractivity contribution in [1.82, 2.24) is 25.7 Å². The molecule has 8 heteroatoms. The van der Waals surface area contributed by atoms with E-state index in [4.69, 9.17) is 0 Å². The molecule has 0 aromatic carbocycles. The van der Waals surface area contributed by atoms with Gasteiger partial charge in [0.25, 0.3) is 0 Å². The number of rotatable bonds is 7. The molecule has 1 amide bonds. The second kappa shape index (κ2) is 11.3. The molecule has 0 radical (unpaired) electrons. The molecule has 1 rings (SSSR count). The first-order valence-electron chi connectivity index (χ1n) is 8.11. The van der Waals surface area contributed by atoms with Crippen molar-refractivity contribution in [3.05, 3.63) is 17.0 Å². The molecule has 1 unspecified atom stereocenters. The van der Waals surface area contributed by atoms with Gasteiger partial charge >= 0.3 is 0 Å². The number of amides is 1. The van der Waals surface area contributed by atoms with Gasteiger partial charge in [0.15, 0.2) is 5.96 Å². The molecule has 0 aliphatic rings. The van der Waals surface area contributed by atoms with E-state index in [-0.39, 0.29) is 35.9 Å². The summed E-state index contributed by atoms with van der Waals surface area (Å²) >= 11 is 0. The fourth-order valence-corrected chi connectivity index (χ4v) is 2.21. The molecular weight excluding hydrogens is 419 g/mol. The Morgan fingerprint density at radius 2 is 2.00 bits per heavy atom. The third kappa shape index (κ3) is 7.06. The lowest BCUT2D eigenvalue weighted by molar-refractivity contribution is -0.121. The van der Waals surface area contributed by atoms with Crippen LogP contribution in [0, 0.1) is 13.8 Å². The minimum atomic E-state index is 0. The molecule has 1 aromatic heterocycles. The van der Waals surface area contributed by atoms with Crippen molar-refractivity contribution in [3.63, 3.8) is 0 Å². The first-order valence-corrected chi connectivity index (χ1v) is 8.11. The van der Waals surface area contributed by atoms with E-state index in [9.17, 15) is 4.79 Å². The van der Waals surface area contributed by atoms with Crippen molar-refractivity contribution in [1.29, 1.82) is 0 Å². The number of aromatic nitrogens is 2. The van der Waals surface area contributed by atoms with Crippen LogP contribution in [0.4, 0.5) is 0 Å². The van der Waals surface area contributed by atoms with Crippen molar-refractivity contribution < 1.29 is 4.79 Å². The van der Waals surface area contributed by atoms with Crippen LogP contribution >= 0.6 is 24.0 Å². The summed E-state index contributed by atoms with van der Waals surface area (Å²) in [4.78, 5) is 15.9. The molecule has 0 aliphatic heterocycles. The Bertz CT molecular complexity index is 555. The van der Waals surface area contributed by atoms with Crippen LogP contribution in [0.3, 0.4) is 0 Å². The predicted molar refractivity (Wildman–Crippen MR) is 109 cm³/mol. The molecule has 0 aliphatic carbocycles. The van der Waals surface area contributed by atoms with Gasteiger partial charge in [-0.05, 0) is 27.2 Å². The first kappa shape index (κ1) is 22.7. The molecule has 138 valence electrons. The zero-order valence-electron chi connectivity index (χ0n) is 15.6. The minimum Gasteiger partial charge on any atom is -0.356 e. The van der Waals surface area contributed by atoms with E-state index >= 15 is 0 Å². The SMILES string of the molecule is CCC(C)NC(=O)CCNC(=NC)NCc1c(C)nn(C)c1C.I. The average molecular weight is 450 g/mol. The molecule has 3 N–H and O–H groups in total. The lowest BCUT2D eigenvalue weighted by atomic mass is 10.2. The minimum absolute atomic E-state index is 0. The standard InChI is InChI=1S/C16H30N6O.HI/c1-7-11(2)20-15(23)8-9-18-16(17-5)19-10-14-12(3)21-22(6)13(14)4;/h11H,7-10H2,1-6H3,(H,20,23)(H2,17,18,19);1H. The number of carbonyl (C=O) groups is 1. The fourth-order valence-electron chi connectivity index (χ4n) is 2.21. The van der Waals surface area contributed by atoms with Crippen LogP contribution in [-0.4, -0.2) is 41.3 Å². The molecular formula is C16H31IN6O. The topological polar surface area (TPSA) is 83.3 Å². The van der Waals surface area contributed by atoms with Gasteiger partial charge < -0.3 is 16.0 Å². The quantitative estimate of drug-likeness (QED) is 0.335. The molecule has 1 atom stereocenters. The van der Waals surface area contributed by atoms with Gasteiger partial charge in [0.2, 0.25) is 5.91 Å². The van der Waals surface area contributed by atoms with E-state index in [1.54, 1.807) is 7.05 Å². The van der Waals surface area contributed by atoms with E-state index in [0.717, 1.165) is 17.8 Å². The maximum atomic E-state index is 11.7. The number of aliphatic imine (C=N–C) groups is 1. The summed E-state index contributed by atoms with van der Waals surface area (Å²) in [6.07, 6.45) is 1.36. The Morgan fingerprint density at radius 1 is 1.33 bits per heavy atom. The second-order valence-electron chi connectivity index (χ2n) is 5.75. The van der Waals surface area contributed by atoms with Gasteiger partial charge in [-0.15, -0.1) is 24.0 Å². The van der Waals surface area contributed by atoms with E-state index < -0.39 is 0 Å². The summed E-state index contributed by atoms with van der Waals surface area (Å²) in [5, 5.41) is 13.8. The maximum Gasteiger partial charge on any atom is 0.221 e. The number of hydrogen-bond acceptors (Lipinski definition) is 3. The number of aryl methyl sites for hydroxylation is 2. The van der Waals surface area contributed by atoms with Crippen molar-refractivity contribution in [2.24, 2.45) is 12.0 Å². The number of carbonyl (C=O) groups excluding carboxylic acids is 1. The van der Waals surface area contributed by atoms with Crippen LogP contribution in [0.15, 0.2) is 4.99 Å². The number of nitrogens with one attached hydrogen (secondary N) is 3. The molecule has 0 spiro atoms. The lowest BCUT2D eigenvalue weighted by Crippen LogP contribution is -2.40. The zero-order chi connectivity index (χ0) is 17.4. The Balaban J connectivity index is 0.00000529. The molecule has 0 saturated heterocycles. The maximum absolute atomic E-state index is 11.7. The largest absolute Gasteiger partial charge is 0.356 e. The highest BCUT2D eigenvalue weighted by Crippen LogP contribution is 2.10.